The Labute approximate surface area is 171 Å². The van der Waals surface area contributed by atoms with E-state index in [0.717, 1.165) is 4.68 Å². The molecule has 9 heteroatoms. The number of carbonyl (C=O) groups excluding carboxylic acids is 1. The quantitative estimate of drug-likeness (QED) is 0.632. The molecule has 0 aliphatic carbocycles. The van der Waals surface area contributed by atoms with Crippen molar-refractivity contribution in [3.63, 3.8) is 0 Å². The van der Waals surface area contributed by atoms with Crippen LogP contribution in [0, 0.1) is 0 Å². The zero-order chi connectivity index (χ0) is 21.6. The molecule has 3 rings (SSSR count). The highest BCUT2D eigenvalue weighted by atomic mass is 32.1. The van der Waals surface area contributed by atoms with Gasteiger partial charge in [0.1, 0.15) is 24.7 Å². The second kappa shape index (κ2) is 9.62. The van der Waals surface area contributed by atoms with Gasteiger partial charge in [-0.15, -0.1) is 11.3 Å². The number of hydrogen-bond acceptors (Lipinski definition) is 7. The van der Waals surface area contributed by atoms with Crippen molar-refractivity contribution < 1.29 is 18.7 Å². The number of hydrogen-bond donors (Lipinski definition) is 1. The monoisotopic (exact) mass is 421 g/mol. The Morgan fingerprint density at radius 3 is 2.41 bits per heavy atom. The molecule has 2 aromatic heterocycles. The summed E-state index contributed by atoms with van der Waals surface area (Å²) in [4.78, 5) is 23.8. The zero-order valence-corrected chi connectivity index (χ0v) is 17.6. The molecule has 0 amide bonds. The highest BCUT2D eigenvalue weighted by molar-refractivity contribution is 7.15. The molecule has 0 fully saturated rings. The van der Waals surface area contributed by atoms with E-state index in [-0.39, 0.29) is 23.3 Å². The predicted molar refractivity (Wildman–Crippen MR) is 113 cm³/mol. The summed E-state index contributed by atoms with van der Waals surface area (Å²) in [7, 11) is 1.71. The summed E-state index contributed by atoms with van der Waals surface area (Å²) < 4.78 is 23.3. The minimum atomic E-state index is -0.584. The van der Waals surface area contributed by atoms with Crippen molar-refractivity contribution in [2.75, 3.05) is 26.1 Å². The lowest BCUT2D eigenvalue weighted by Crippen LogP contribution is -2.23. The van der Waals surface area contributed by atoms with Crippen LogP contribution in [0.1, 0.15) is 31.3 Å². The molecule has 29 heavy (non-hydrogen) atoms. The van der Waals surface area contributed by atoms with Crippen molar-refractivity contribution in [3.05, 3.63) is 45.7 Å². The van der Waals surface area contributed by atoms with E-state index in [1.54, 1.807) is 36.8 Å². The number of thiophene rings is 1. The van der Waals surface area contributed by atoms with Crippen LogP contribution in [0.15, 0.2) is 34.4 Å². The van der Waals surface area contributed by atoms with E-state index in [9.17, 15) is 14.0 Å². The maximum Gasteiger partial charge on any atom is 0.282 e. The van der Waals surface area contributed by atoms with Gasteiger partial charge in [-0.3, -0.25) is 9.59 Å². The largest absolute Gasteiger partial charge is 0.491 e. The average molecular weight is 421 g/mol. The summed E-state index contributed by atoms with van der Waals surface area (Å²) in [5, 5.41) is 6.79. The number of fused-ring (bicyclic) bond motifs is 1. The highest BCUT2D eigenvalue weighted by Gasteiger charge is 2.15. The summed E-state index contributed by atoms with van der Waals surface area (Å²) >= 11 is 1.19. The van der Waals surface area contributed by atoms with Crippen LogP contribution in [0.4, 0.5) is 9.39 Å². The van der Waals surface area contributed by atoms with Gasteiger partial charge in [0, 0.05) is 17.9 Å². The Balaban J connectivity index is 0.000000438. The fourth-order valence-electron chi connectivity index (χ4n) is 2.20. The van der Waals surface area contributed by atoms with Gasteiger partial charge in [-0.1, -0.05) is 0 Å². The van der Waals surface area contributed by atoms with Crippen LogP contribution < -0.4 is 16.0 Å². The molecule has 0 bridgehead atoms. The number of anilines is 1. The number of nitrogens with zero attached hydrogens (tertiary/aromatic N) is 2. The Bertz CT molecular complexity index is 1020. The SMILES string of the molecule is COC(C)(C)C.Nc1scc2c(C=O)nn(-c3ccc(OCCF)cc3)c(=O)c12. The van der Waals surface area contributed by atoms with Gasteiger partial charge in [-0.25, -0.2) is 4.39 Å². The molecule has 0 aliphatic heterocycles. The first-order valence-corrected chi connectivity index (χ1v) is 9.69. The maximum absolute atomic E-state index is 12.6. The summed E-state index contributed by atoms with van der Waals surface area (Å²) in [5.41, 5.74) is 6.07. The molecule has 0 radical (unpaired) electrons. The smallest absolute Gasteiger partial charge is 0.282 e. The van der Waals surface area contributed by atoms with Gasteiger partial charge in [0.05, 0.1) is 21.7 Å². The molecular formula is C20H24FN3O4S. The lowest BCUT2D eigenvalue weighted by molar-refractivity contribution is 0.0397. The lowest BCUT2D eigenvalue weighted by atomic mass is 10.2. The minimum absolute atomic E-state index is 0.0375. The van der Waals surface area contributed by atoms with Crippen molar-refractivity contribution in [1.82, 2.24) is 9.78 Å². The molecular weight excluding hydrogens is 397 g/mol. The molecule has 2 N–H and O–H groups in total. The highest BCUT2D eigenvalue weighted by Crippen LogP contribution is 2.26. The number of carbonyl (C=O) groups is 1. The third kappa shape index (κ3) is 5.61. The Morgan fingerprint density at radius 2 is 1.90 bits per heavy atom. The first-order valence-electron chi connectivity index (χ1n) is 8.81. The number of ether oxygens (including phenoxy) is 2. The van der Waals surface area contributed by atoms with Crippen LogP contribution in [0.2, 0.25) is 0 Å². The number of alkyl halides is 1. The number of nitrogens with two attached hydrogens (primary N) is 1. The maximum atomic E-state index is 12.6. The van der Waals surface area contributed by atoms with E-state index in [2.05, 4.69) is 5.10 Å². The number of nitrogen functional groups attached to an aromatic ring is 1. The molecule has 1 aromatic carbocycles. The second-order valence-electron chi connectivity index (χ2n) is 6.96. The fourth-order valence-corrected chi connectivity index (χ4v) is 3.00. The van der Waals surface area contributed by atoms with Crippen molar-refractivity contribution >= 4 is 33.4 Å². The van der Waals surface area contributed by atoms with Gasteiger partial charge in [-0.2, -0.15) is 9.78 Å². The summed E-state index contributed by atoms with van der Waals surface area (Å²) in [6, 6.07) is 6.40. The van der Waals surface area contributed by atoms with Gasteiger partial charge in [-0.05, 0) is 45.0 Å². The summed E-state index contributed by atoms with van der Waals surface area (Å²) in [5.74, 6) is 0.478. The Hall–Kier alpha value is -2.78. The normalized spacial score (nSPS) is 11.1. The molecule has 0 saturated heterocycles. The van der Waals surface area contributed by atoms with Gasteiger partial charge < -0.3 is 15.2 Å². The van der Waals surface area contributed by atoms with E-state index in [0.29, 0.717) is 28.1 Å². The van der Waals surface area contributed by atoms with E-state index in [1.165, 1.54) is 11.3 Å². The first kappa shape index (κ1) is 22.5. The number of benzene rings is 1. The second-order valence-corrected chi connectivity index (χ2v) is 7.87. The minimum Gasteiger partial charge on any atom is -0.491 e. The van der Waals surface area contributed by atoms with E-state index >= 15 is 0 Å². The standard InChI is InChI=1S/C15H12FN3O3S.C5H12O/c16-5-6-22-10-3-1-9(2-4-10)19-15(21)13-11(8-23-14(13)17)12(7-20)18-19;1-5(2,3)6-4/h1-4,7-8H,5-6,17H2;1-4H3. The van der Waals surface area contributed by atoms with E-state index in [4.69, 9.17) is 15.2 Å². The Morgan fingerprint density at radius 1 is 1.28 bits per heavy atom. The molecule has 7 nitrogen and oxygen atoms in total. The van der Waals surface area contributed by atoms with Gasteiger partial charge in [0.25, 0.3) is 5.56 Å². The molecule has 0 atom stereocenters. The van der Waals surface area contributed by atoms with Crippen LogP contribution in [0.25, 0.3) is 16.5 Å². The third-order valence-corrected chi connectivity index (χ3v) is 4.67. The number of aldehydes is 1. The number of methoxy groups -OCH3 is 1. The van der Waals surface area contributed by atoms with Gasteiger partial charge >= 0.3 is 0 Å². The summed E-state index contributed by atoms with van der Waals surface area (Å²) in [6.07, 6.45) is 0.586. The van der Waals surface area contributed by atoms with Crippen molar-refractivity contribution in [2.45, 2.75) is 26.4 Å². The molecule has 3 aromatic rings. The van der Waals surface area contributed by atoms with Gasteiger partial charge in [0.15, 0.2) is 6.29 Å². The first-order chi connectivity index (χ1) is 13.7. The van der Waals surface area contributed by atoms with Gasteiger partial charge in [0.2, 0.25) is 0 Å². The molecule has 156 valence electrons. The molecule has 0 aliphatic rings. The van der Waals surface area contributed by atoms with Crippen molar-refractivity contribution in [2.24, 2.45) is 0 Å². The average Bonchev–Trinajstić information content (AvgIpc) is 3.09. The molecule has 0 spiro atoms. The fraction of sp³-hybridized carbons (Fsp3) is 0.350. The van der Waals surface area contributed by atoms with Crippen LogP contribution in [-0.2, 0) is 4.74 Å². The Kier molecular flexibility index (Phi) is 7.46. The third-order valence-electron chi connectivity index (χ3n) is 3.86. The van der Waals surface area contributed by atoms with Crippen molar-refractivity contribution in [3.8, 4) is 11.4 Å². The lowest BCUT2D eigenvalue weighted by Gasteiger charge is -2.14. The zero-order valence-electron chi connectivity index (χ0n) is 16.8. The number of rotatable bonds is 5. The van der Waals surface area contributed by atoms with Crippen LogP contribution >= 0.6 is 11.3 Å². The van der Waals surface area contributed by atoms with Crippen LogP contribution in [0.5, 0.6) is 5.75 Å². The molecule has 0 saturated carbocycles. The molecule has 2 heterocycles. The topological polar surface area (TPSA) is 96.4 Å². The number of aromatic nitrogens is 2. The van der Waals surface area contributed by atoms with Crippen molar-refractivity contribution in [1.29, 1.82) is 0 Å². The molecule has 0 unspecified atom stereocenters. The van der Waals surface area contributed by atoms with E-state index < -0.39 is 12.2 Å². The number of halogens is 1. The van der Waals surface area contributed by atoms with Crippen LogP contribution in [0.3, 0.4) is 0 Å². The predicted octanol–water partition coefficient (Wildman–Crippen LogP) is 3.62. The summed E-state index contributed by atoms with van der Waals surface area (Å²) in [6.45, 7) is 5.44. The van der Waals surface area contributed by atoms with E-state index in [1.807, 2.05) is 20.8 Å². The van der Waals surface area contributed by atoms with Crippen LogP contribution in [-0.4, -0.2) is 42.1 Å².